The third-order valence-electron chi connectivity index (χ3n) is 4.61. The SMILES string of the molecule is CC(=O)c1c(C)[nH]c(C(=O)COC(=O)COc2ccc(Cl)c3ccccc23)c1C. The molecule has 0 unspecified atom stereocenters. The highest BCUT2D eigenvalue weighted by molar-refractivity contribution is 6.35. The predicted molar refractivity (Wildman–Crippen MR) is 110 cm³/mol. The lowest BCUT2D eigenvalue weighted by atomic mass is 10.1. The van der Waals surface area contributed by atoms with Crippen LogP contribution in [0.1, 0.15) is 39.0 Å². The van der Waals surface area contributed by atoms with Crippen LogP contribution in [0.25, 0.3) is 10.8 Å². The summed E-state index contributed by atoms with van der Waals surface area (Å²) in [6.07, 6.45) is 0. The van der Waals surface area contributed by atoms with E-state index in [1.807, 2.05) is 24.3 Å². The van der Waals surface area contributed by atoms with Gasteiger partial charge in [0.15, 0.2) is 19.0 Å². The molecule has 1 aromatic heterocycles. The molecule has 0 saturated carbocycles. The zero-order chi connectivity index (χ0) is 21.1. The summed E-state index contributed by atoms with van der Waals surface area (Å²) in [6.45, 7) is 4.05. The molecule has 0 aliphatic heterocycles. The lowest BCUT2D eigenvalue weighted by Gasteiger charge is -2.10. The molecule has 0 atom stereocenters. The summed E-state index contributed by atoms with van der Waals surface area (Å²) in [7, 11) is 0. The van der Waals surface area contributed by atoms with Crippen molar-refractivity contribution in [3.05, 3.63) is 63.9 Å². The number of hydrogen-bond acceptors (Lipinski definition) is 5. The molecule has 3 rings (SSSR count). The minimum absolute atomic E-state index is 0.129. The third kappa shape index (κ3) is 4.32. The Hall–Kier alpha value is -3.12. The highest BCUT2D eigenvalue weighted by Crippen LogP contribution is 2.31. The number of ketones is 2. The van der Waals surface area contributed by atoms with Crippen LogP contribution in [0.4, 0.5) is 0 Å². The second-order valence-electron chi connectivity index (χ2n) is 6.64. The van der Waals surface area contributed by atoms with E-state index >= 15 is 0 Å². The number of H-pyrrole nitrogens is 1. The number of benzene rings is 2. The molecule has 6 nitrogen and oxygen atoms in total. The molecular weight excluding hydrogens is 394 g/mol. The summed E-state index contributed by atoms with van der Waals surface area (Å²) in [6, 6.07) is 10.8. The molecule has 0 radical (unpaired) electrons. The van der Waals surface area contributed by atoms with Crippen molar-refractivity contribution in [3.63, 3.8) is 0 Å². The molecule has 2 aromatic carbocycles. The molecule has 0 aliphatic carbocycles. The molecule has 0 amide bonds. The first-order valence-corrected chi connectivity index (χ1v) is 9.36. The van der Waals surface area contributed by atoms with Gasteiger partial charge in [0.05, 0.1) is 5.69 Å². The highest BCUT2D eigenvalue weighted by atomic mass is 35.5. The largest absolute Gasteiger partial charge is 0.481 e. The summed E-state index contributed by atoms with van der Waals surface area (Å²) in [5, 5.41) is 2.18. The average molecular weight is 414 g/mol. The zero-order valence-electron chi connectivity index (χ0n) is 16.3. The lowest BCUT2D eigenvalue weighted by Crippen LogP contribution is -2.20. The Bertz CT molecular complexity index is 1120. The van der Waals surface area contributed by atoms with Gasteiger partial charge in [-0.05, 0) is 38.5 Å². The Morgan fingerprint density at radius 2 is 1.69 bits per heavy atom. The van der Waals surface area contributed by atoms with Crippen molar-refractivity contribution in [1.82, 2.24) is 4.98 Å². The fourth-order valence-electron chi connectivity index (χ4n) is 3.31. The molecule has 0 spiro atoms. The highest BCUT2D eigenvalue weighted by Gasteiger charge is 2.21. The van der Waals surface area contributed by atoms with Crippen molar-refractivity contribution in [2.45, 2.75) is 20.8 Å². The Balaban J connectivity index is 1.61. The number of nitrogens with one attached hydrogen (secondary N) is 1. The van der Waals surface area contributed by atoms with Crippen molar-refractivity contribution < 1.29 is 23.9 Å². The van der Waals surface area contributed by atoms with Crippen molar-refractivity contribution in [2.75, 3.05) is 13.2 Å². The van der Waals surface area contributed by atoms with Crippen molar-refractivity contribution in [1.29, 1.82) is 0 Å². The molecule has 0 saturated heterocycles. The van der Waals surface area contributed by atoms with Crippen LogP contribution in [0, 0.1) is 13.8 Å². The Labute approximate surface area is 172 Å². The number of fused-ring (bicyclic) bond motifs is 1. The van der Waals surface area contributed by atoms with Gasteiger partial charge in [-0.3, -0.25) is 9.59 Å². The fourth-order valence-corrected chi connectivity index (χ4v) is 3.54. The number of hydrogen-bond donors (Lipinski definition) is 1. The topological polar surface area (TPSA) is 85.5 Å². The first-order valence-electron chi connectivity index (χ1n) is 8.98. The number of ether oxygens (including phenoxy) is 2. The van der Waals surface area contributed by atoms with Crippen LogP contribution in [0.15, 0.2) is 36.4 Å². The molecule has 1 heterocycles. The van der Waals surface area contributed by atoms with Crippen molar-refractivity contribution >= 4 is 39.9 Å². The van der Waals surface area contributed by atoms with Gasteiger partial charge in [-0.2, -0.15) is 0 Å². The minimum Gasteiger partial charge on any atom is -0.481 e. The van der Waals surface area contributed by atoms with E-state index in [1.54, 1.807) is 26.0 Å². The fraction of sp³-hybridized carbons (Fsp3) is 0.227. The lowest BCUT2D eigenvalue weighted by molar-refractivity contribution is -0.144. The van der Waals surface area contributed by atoms with Gasteiger partial charge in [-0.1, -0.05) is 35.9 Å². The zero-order valence-corrected chi connectivity index (χ0v) is 17.1. The minimum atomic E-state index is -0.676. The monoisotopic (exact) mass is 413 g/mol. The van der Waals surface area contributed by atoms with E-state index in [1.165, 1.54) is 6.92 Å². The standard InChI is InChI=1S/C22H20ClNO5/c1-12-21(14(3)25)13(2)24-22(12)18(26)10-29-20(27)11-28-19-9-8-17(23)15-6-4-5-7-16(15)19/h4-9,24H,10-11H2,1-3H3. The van der Waals surface area contributed by atoms with Crippen molar-refractivity contribution in [3.8, 4) is 5.75 Å². The van der Waals surface area contributed by atoms with E-state index in [0.717, 1.165) is 10.8 Å². The van der Waals surface area contributed by atoms with Crippen LogP contribution in [-0.2, 0) is 9.53 Å². The van der Waals surface area contributed by atoms with Crippen molar-refractivity contribution in [2.24, 2.45) is 0 Å². The Morgan fingerprint density at radius 1 is 1.00 bits per heavy atom. The number of Topliss-reactive ketones (excluding diaryl/α,β-unsaturated/α-hetero) is 2. The van der Waals surface area contributed by atoms with E-state index in [0.29, 0.717) is 27.6 Å². The Kier molecular flexibility index (Phi) is 6.03. The Morgan fingerprint density at radius 3 is 2.34 bits per heavy atom. The number of carbonyl (C=O) groups excluding carboxylic acids is 3. The average Bonchev–Trinajstić information content (AvgIpc) is 3.00. The van der Waals surface area contributed by atoms with E-state index in [2.05, 4.69) is 4.98 Å². The van der Waals surface area contributed by atoms with E-state index < -0.39 is 18.4 Å². The first-order chi connectivity index (χ1) is 13.8. The molecule has 1 N–H and O–H groups in total. The van der Waals surface area contributed by atoms with Gasteiger partial charge < -0.3 is 14.5 Å². The molecule has 0 aliphatic rings. The molecule has 0 fully saturated rings. The van der Waals surface area contributed by atoms with Crippen LogP contribution in [0.3, 0.4) is 0 Å². The summed E-state index contributed by atoms with van der Waals surface area (Å²) >= 11 is 6.17. The number of carbonyl (C=O) groups is 3. The predicted octanol–water partition coefficient (Wildman–Crippen LogP) is 4.45. The van der Waals surface area contributed by atoms with Gasteiger partial charge in [0.1, 0.15) is 5.75 Å². The van der Waals surface area contributed by atoms with E-state index in [4.69, 9.17) is 21.1 Å². The second kappa shape index (κ2) is 8.49. The number of aromatic amines is 1. The summed E-state index contributed by atoms with van der Waals surface area (Å²) < 4.78 is 10.6. The molecule has 3 aromatic rings. The number of aromatic nitrogens is 1. The van der Waals surface area contributed by atoms with Crippen LogP contribution >= 0.6 is 11.6 Å². The number of aryl methyl sites for hydroxylation is 1. The number of halogens is 1. The van der Waals surface area contributed by atoms with Crippen LogP contribution in [0.5, 0.6) is 5.75 Å². The van der Waals surface area contributed by atoms with Gasteiger partial charge in [0, 0.05) is 27.1 Å². The van der Waals surface area contributed by atoms with Crippen LogP contribution in [-0.4, -0.2) is 35.7 Å². The van der Waals surface area contributed by atoms with Gasteiger partial charge in [-0.15, -0.1) is 0 Å². The summed E-state index contributed by atoms with van der Waals surface area (Å²) in [4.78, 5) is 39.0. The van der Waals surface area contributed by atoms with Crippen LogP contribution < -0.4 is 4.74 Å². The van der Waals surface area contributed by atoms with Crippen LogP contribution in [0.2, 0.25) is 5.02 Å². The van der Waals surface area contributed by atoms with Gasteiger partial charge in [-0.25, -0.2) is 4.79 Å². The maximum absolute atomic E-state index is 12.4. The smallest absolute Gasteiger partial charge is 0.344 e. The number of esters is 1. The van der Waals surface area contributed by atoms with E-state index in [9.17, 15) is 14.4 Å². The van der Waals surface area contributed by atoms with Gasteiger partial charge >= 0.3 is 5.97 Å². The van der Waals surface area contributed by atoms with Gasteiger partial charge in [0.25, 0.3) is 0 Å². The molecule has 7 heteroatoms. The first kappa shape index (κ1) is 20.6. The quantitative estimate of drug-likeness (QED) is 0.457. The third-order valence-corrected chi connectivity index (χ3v) is 4.94. The molecule has 0 bridgehead atoms. The summed E-state index contributed by atoms with van der Waals surface area (Å²) in [5.74, 6) is -0.723. The normalized spacial score (nSPS) is 10.8. The second-order valence-corrected chi connectivity index (χ2v) is 7.05. The maximum atomic E-state index is 12.4. The molecule has 29 heavy (non-hydrogen) atoms. The molecular formula is C22H20ClNO5. The maximum Gasteiger partial charge on any atom is 0.344 e. The molecule has 150 valence electrons. The van der Waals surface area contributed by atoms with E-state index in [-0.39, 0.29) is 18.1 Å². The summed E-state index contributed by atoms with van der Waals surface area (Å²) in [5.41, 5.74) is 1.92. The number of rotatable bonds is 7. The van der Waals surface area contributed by atoms with Gasteiger partial charge in [0.2, 0.25) is 5.78 Å².